The van der Waals surface area contributed by atoms with Crippen LogP contribution in [0.15, 0.2) is 29.2 Å². The summed E-state index contributed by atoms with van der Waals surface area (Å²) >= 11 is 0. The molecule has 3 N–H and O–H groups in total. The molecule has 2 rings (SSSR count). The van der Waals surface area contributed by atoms with Gasteiger partial charge < -0.3 is 15.7 Å². The Kier molecular flexibility index (Phi) is 7.05. The Morgan fingerprint density at radius 1 is 1.35 bits per heavy atom. The highest BCUT2D eigenvalue weighted by Crippen LogP contribution is 2.27. The molecular weight excluding hydrogens is 312 g/mol. The van der Waals surface area contributed by atoms with E-state index in [0.29, 0.717) is 22.9 Å². The second kappa shape index (κ2) is 9.03. The summed E-state index contributed by atoms with van der Waals surface area (Å²) in [5.41, 5.74) is 0.626. The lowest BCUT2D eigenvalue weighted by molar-refractivity contribution is 0.202. The van der Waals surface area contributed by atoms with Crippen molar-refractivity contribution >= 4 is 22.5 Å². The number of carbonyl (C=O) groups excluding carboxylic acids is 1. The zero-order valence-electron chi connectivity index (χ0n) is 13.6. The van der Waals surface area contributed by atoms with Gasteiger partial charge in [-0.2, -0.15) is 0 Å². The van der Waals surface area contributed by atoms with Gasteiger partial charge in [0, 0.05) is 40.3 Å². The van der Waals surface area contributed by atoms with Gasteiger partial charge in [-0.25, -0.2) is 4.79 Å². The van der Waals surface area contributed by atoms with Gasteiger partial charge in [-0.3, -0.25) is 4.21 Å². The van der Waals surface area contributed by atoms with Crippen LogP contribution in [0.1, 0.15) is 38.5 Å². The number of rotatable bonds is 6. The van der Waals surface area contributed by atoms with E-state index in [0.717, 1.165) is 12.8 Å². The van der Waals surface area contributed by atoms with E-state index >= 15 is 0 Å². The Balaban J connectivity index is 1.95. The third-order valence-electron chi connectivity index (χ3n) is 4.40. The number of hydrogen-bond acceptors (Lipinski definition) is 3. The maximum Gasteiger partial charge on any atom is 0.319 e. The molecule has 1 aromatic rings. The molecule has 0 heterocycles. The number of nitrogens with one attached hydrogen (secondary N) is 2. The van der Waals surface area contributed by atoms with Gasteiger partial charge in [-0.15, -0.1) is 0 Å². The van der Waals surface area contributed by atoms with Gasteiger partial charge in [0.25, 0.3) is 0 Å². The lowest BCUT2D eigenvalue weighted by atomic mass is 9.83. The van der Waals surface area contributed by atoms with Crippen LogP contribution in [0.3, 0.4) is 0 Å². The Morgan fingerprint density at radius 3 is 2.74 bits per heavy atom. The van der Waals surface area contributed by atoms with Gasteiger partial charge in [0.05, 0.1) is 0 Å². The van der Waals surface area contributed by atoms with Crippen LogP contribution in [0.4, 0.5) is 10.5 Å². The fourth-order valence-electron chi connectivity index (χ4n) is 3.19. The first kappa shape index (κ1) is 17.9. The highest BCUT2D eigenvalue weighted by molar-refractivity contribution is 7.84. The van der Waals surface area contributed by atoms with Crippen molar-refractivity contribution in [3.05, 3.63) is 24.3 Å². The second-order valence-electron chi connectivity index (χ2n) is 6.10. The summed E-state index contributed by atoms with van der Waals surface area (Å²) in [4.78, 5) is 12.9. The monoisotopic (exact) mass is 338 g/mol. The number of aliphatic hydroxyl groups is 1. The Bertz CT molecular complexity index is 544. The topological polar surface area (TPSA) is 78.4 Å². The normalized spacial score (nSPS) is 18.2. The van der Waals surface area contributed by atoms with Crippen LogP contribution in [-0.2, 0) is 10.8 Å². The quantitative estimate of drug-likeness (QED) is 0.746. The Hall–Kier alpha value is -1.40. The summed E-state index contributed by atoms with van der Waals surface area (Å²) in [5, 5.41) is 15.1. The zero-order chi connectivity index (χ0) is 16.7. The molecule has 0 aliphatic heterocycles. The van der Waals surface area contributed by atoms with E-state index < -0.39 is 10.8 Å². The molecule has 1 saturated carbocycles. The van der Waals surface area contributed by atoms with Crippen LogP contribution >= 0.6 is 0 Å². The molecule has 1 aliphatic rings. The molecule has 0 bridgehead atoms. The lowest BCUT2D eigenvalue weighted by Gasteiger charge is -2.30. The maximum atomic E-state index is 12.2. The Morgan fingerprint density at radius 2 is 2.09 bits per heavy atom. The first-order valence-electron chi connectivity index (χ1n) is 8.22. The van der Waals surface area contributed by atoms with Crippen molar-refractivity contribution in [3.8, 4) is 0 Å². The van der Waals surface area contributed by atoms with Crippen molar-refractivity contribution < 1.29 is 14.1 Å². The standard InChI is InChI=1S/C17H26N2O3S/c1-23(22)15-9-5-8-14(12-15)18-17(21)19-16(10-11-20)13-6-3-2-4-7-13/h5,8-9,12-13,16,20H,2-4,6-7,10-11H2,1H3,(H2,18,19,21). The summed E-state index contributed by atoms with van der Waals surface area (Å²) in [6.45, 7) is 0.0751. The molecule has 6 heteroatoms. The number of amides is 2. The molecule has 0 spiro atoms. The molecule has 1 aromatic carbocycles. The summed E-state index contributed by atoms with van der Waals surface area (Å²) in [6.07, 6.45) is 8.05. The smallest absolute Gasteiger partial charge is 0.319 e. The van der Waals surface area contributed by atoms with E-state index in [9.17, 15) is 14.1 Å². The van der Waals surface area contributed by atoms with Crippen LogP contribution in [0.5, 0.6) is 0 Å². The molecule has 1 aliphatic carbocycles. The van der Waals surface area contributed by atoms with Crippen LogP contribution in [-0.4, -0.2) is 34.3 Å². The molecule has 5 nitrogen and oxygen atoms in total. The van der Waals surface area contributed by atoms with E-state index in [2.05, 4.69) is 10.6 Å². The van der Waals surface area contributed by atoms with E-state index in [1.807, 2.05) is 0 Å². The van der Waals surface area contributed by atoms with Gasteiger partial charge in [-0.1, -0.05) is 25.3 Å². The predicted molar refractivity (Wildman–Crippen MR) is 93.0 cm³/mol. The van der Waals surface area contributed by atoms with Gasteiger partial charge in [0.2, 0.25) is 0 Å². The van der Waals surface area contributed by atoms with Crippen molar-refractivity contribution in [2.75, 3.05) is 18.2 Å². The Labute approximate surface area is 140 Å². The first-order chi connectivity index (χ1) is 11.1. The van der Waals surface area contributed by atoms with Crippen molar-refractivity contribution in [2.24, 2.45) is 5.92 Å². The van der Waals surface area contributed by atoms with Crippen LogP contribution in [0.2, 0.25) is 0 Å². The van der Waals surface area contributed by atoms with Gasteiger partial charge >= 0.3 is 6.03 Å². The number of anilines is 1. The van der Waals surface area contributed by atoms with E-state index in [1.54, 1.807) is 30.5 Å². The molecule has 1 fully saturated rings. The maximum absolute atomic E-state index is 12.2. The van der Waals surface area contributed by atoms with Crippen LogP contribution < -0.4 is 10.6 Å². The fourth-order valence-corrected chi connectivity index (χ4v) is 3.75. The molecule has 128 valence electrons. The van der Waals surface area contributed by atoms with E-state index in [4.69, 9.17) is 0 Å². The number of benzene rings is 1. The average molecular weight is 338 g/mol. The number of hydrogen-bond donors (Lipinski definition) is 3. The molecular formula is C17H26N2O3S. The van der Waals surface area contributed by atoms with Crippen LogP contribution in [0.25, 0.3) is 0 Å². The largest absolute Gasteiger partial charge is 0.396 e. The van der Waals surface area contributed by atoms with Crippen molar-refractivity contribution in [1.82, 2.24) is 5.32 Å². The fraction of sp³-hybridized carbons (Fsp3) is 0.588. The van der Waals surface area contributed by atoms with E-state index in [1.165, 1.54) is 19.3 Å². The average Bonchev–Trinajstić information content (AvgIpc) is 2.55. The summed E-state index contributed by atoms with van der Waals surface area (Å²) in [6, 6.07) is 6.78. The molecule has 2 unspecified atom stereocenters. The summed E-state index contributed by atoms with van der Waals surface area (Å²) in [7, 11) is -1.08. The molecule has 2 atom stereocenters. The minimum Gasteiger partial charge on any atom is -0.396 e. The number of carbonyl (C=O) groups is 1. The lowest BCUT2D eigenvalue weighted by Crippen LogP contribution is -2.43. The van der Waals surface area contributed by atoms with Gasteiger partial charge in [0.1, 0.15) is 0 Å². The number of urea groups is 1. The minimum atomic E-state index is -1.08. The first-order valence-corrected chi connectivity index (χ1v) is 9.78. The third-order valence-corrected chi connectivity index (χ3v) is 5.32. The molecule has 0 radical (unpaired) electrons. The predicted octanol–water partition coefficient (Wildman–Crippen LogP) is 2.88. The van der Waals surface area contributed by atoms with Crippen molar-refractivity contribution in [1.29, 1.82) is 0 Å². The highest BCUT2D eigenvalue weighted by atomic mass is 32.2. The molecule has 23 heavy (non-hydrogen) atoms. The number of aliphatic hydroxyl groups excluding tert-OH is 1. The van der Waals surface area contributed by atoms with Crippen molar-refractivity contribution in [3.63, 3.8) is 0 Å². The highest BCUT2D eigenvalue weighted by Gasteiger charge is 2.24. The van der Waals surface area contributed by atoms with Gasteiger partial charge in [0.15, 0.2) is 0 Å². The molecule has 0 saturated heterocycles. The molecule has 0 aromatic heterocycles. The third kappa shape index (κ3) is 5.62. The SMILES string of the molecule is CS(=O)c1cccc(NC(=O)NC(CCO)C2CCCCC2)c1. The zero-order valence-corrected chi connectivity index (χ0v) is 14.4. The van der Waals surface area contributed by atoms with Crippen LogP contribution in [0, 0.1) is 5.92 Å². The van der Waals surface area contributed by atoms with E-state index in [-0.39, 0.29) is 18.7 Å². The van der Waals surface area contributed by atoms with Gasteiger partial charge in [-0.05, 0) is 43.4 Å². The second-order valence-corrected chi connectivity index (χ2v) is 7.48. The minimum absolute atomic E-state index is 0.00351. The van der Waals surface area contributed by atoms with Crippen molar-refractivity contribution in [2.45, 2.75) is 49.5 Å². The summed E-state index contributed by atoms with van der Waals surface area (Å²) < 4.78 is 11.5. The molecule has 2 amide bonds. The summed E-state index contributed by atoms with van der Waals surface area (Å²) in [5.74, 6) is 0.441.